The number of benzene rings is 1. The summed E-state index contributed by atoms with van der Waals surface area (Å²) < 4.78 is 5.86. The molecule has 0 fully saturated rings. The summed E-state index contributed by atoms with van der Waals surface area (Å²) in [6.07, 6.45) is 12.2. The standard InChI is InChI=1S/C25H34N2O/c1-7-14-23(26-10-4)19-22(8-2)27-21(6)20(5)17-18-24(9-3)28-25-15-12-11-13-16-25/h7,9-13,15-18,22-23,26-27H,1,4-6,8,14,19H2,2-3H3/b18-17-,24-9+. The minimum Gasteiger partial charge on any atom is -0.458 e. The Morgan fingerprint density at radius 3 is 2.39 bits per heavy atom. The van der Waals surface area contributed by atoms with Crippen LogP contribution in [0.2, 0.25) is 0 Å². The van der Waals surface area contributed by atoms with Crippen LogP contribution in [0.1, 0.15) is 33.1 Å². The summed E-state index contributed by atoms with van der Waals surface area (Å²) in [7, 11) is 0. The fourth-order valence-electron chi connectivity index (χ4n) is 2.71. The Kier molecular flexibility index (Phi) is 10.9. The summed E-state index contributed by atoms with van der Waals surface area (Å²) in [5, 5.41) is 6.78. The summed E-state index contributed by atoms with van der Waals surface area (Å²) in [4.78, 5) is 0. The second-order valence-electron chi connectivity index (χ2n) is 6.52. The predicted molar refractivity (Wildman–Crippen MR) is 122 cm³/mol. The highest BCUT2D eigenvalue weighted by atomic mass is 16.5. The molecule has 0 aliphatic carbocycles. The molecule has 0 amide bonds. The largest absolute Gasteiger partial charge is 0.458 e. The van der Waals surface area contributed by atoms with E-state index >= 15 is 0 Å². The first-order chi connectivity index (χ1) is 13.5. The minimum atomic E-state index is 0.289. The van der Waals surface area contributed by atoms with Gasteiger partial charge in [0, 0.05) is 17.8 Å². The van der Waals surface area contributed by atoms with Gasteiger partial charge < -0.3 is 15.4 Å². The second-order valence-corrected chi connectivity index (χ2v) is 6.52. The summed E-state index contributed by atoms with van der Waals surface area (Å²) in [6, 6.07) is 10.3. The average Bonchev–Trinajstić information content (AvgIpc) is 2.71. The molecular formula is C25H34N2O. The van der Waals surface area contributed by atoms with Crippen LogP contribution in [0.15, 0.2) is 104 Å². The summed E-state index contributed by atoms with van der Waals surface area (Å²) >= 11 is 0. The highest BCUT2D eigenvalue weighted by Gasteiger charge is 2.14. The van der Waals surface area contributed by atoms with Crippen LogP contribution >= 0.6 is 0 Å². The van der Waals surface area contributed by atoms with Crippen LogP contribution in [0, 0.1) is 0 Å². The van der Waals surface area contributed by atoms with Crippen molar-refractivity contribution in [2.75, 3.05) is 0 Å². The van der Waals surface area contributed by atoms with E-state index in [1.807, 2.05) is 61.6 Å². The average molecular weight is 379 g/mol. The molecule has 0 heterocycles. The first-order valence-corrected chi connectivity index (χ1v) is 9.73. The van der Waals surface area contributed by atoms with Gasteiger partial charge >= 0.3 is 0 Å². The van der Waals surface area contributed by atoms with Crippen molar-refractivity contribution < 1.29 is 4.74 Å². The molecule has 0 radical (unpaired) electrons. The van der Waals surface area contributed by atoms with Crippen molar-refractivity contribution in [2.24, 2.45) is 0 Å². The minimum absolute atomic E-state index is 0.289. The monoisotopic (exact) mass is 378 g/mol. The Balaban J connectivity index is 2.63. The van der Waals surface area contributed by atoms with Crippen molar-refractivity contribution >= 4 is 0 Å². The first kappa shape index (κ1) is 23.1. The molecule has 2 N–H and O–H groups in total. The molecule has 28 heavy (non-hydrogen) atoms. The van der Waals surface area contributed by atoms with Crippen LogP contribution in [0.4, 0.5) is 0 Å². The molecule has 1 aromatic carbocycles. The molecule has 0 bridgehead atoms. The maximum atomic E-state index is 5.86. The quantitative estimate of drug-likeness (QED) is 0.235. The lowest BCUT2D eigenvalue weighted by atomic mass is 10.0. The number of allylic oxidation sites excluding steroid dienone is 3. The van der Waals surface area contributed by atoms with E-state index in [-0.39, 0.29) is 6.04 Å². The molecule has 3 heteroatoms. The van der Waals surface area contributed by atoms with Gasteiger partial charge in [0.25, 0.3) is 0 Å². The van der Waals surface area contributed by atoms with E-state index < -0.39 is 0 Å². The van der Waals surface area contributed by atoms with Crippen LogP contribution in [0.25, 0.3) is 0 Å². The highest BCUT2D eigenvalue weighted by Crippen LogP contribution is 2.16. The number of ether oxygens (including phenoxy) is 1. The van der Waals surface area contributed by atoms with Gasteiger partial charge in [0.05, 0.1) is 0 Å². The molecule has 0 saturated heterocycles. The molecule has 150 valence electrons. The van der Waals surface area contributed by atoms with Crippen molar-refractivity contribution in [1.82, 2.24) is 10.6 Å². The van der Waals surface area contributed by atoms with E-state index in [2.05, 4.69) is 43.9 Å². The van der Waals surface area contributed by atoms with Gasteiger partial charge in [-0.25, -0.2) is 0 Å². The molecule has 2 unspecified atom stereocenters. The molecule has 1 aromatic rings. The van der Waals surface area contributed by atoms with Gasteiger partial charge in [0.15, 0.2) is 0 Å². The summed E-state index contributed by atoms with van der Waals surface area (Å²) in [5.74, 6) is 1.56. The molecule has 2 atom stereocenters. The van der Waals surface area contributed by atoms with Gasteiger partial charge in [0.1, 0.15) is 11.5 Å². The van der Waals surface area contributed by atoms with Gasteiger partial charge in [-0.1, -0.05) is 50.9 Å². The lowest BCUT2D eigenvalue weighted by Crippen LogP contribution is -2.36. The fourth-order valence-corrected chi connectivity index (χ4v) is 2.71. The number of rotatable bonds is 14. The van der Waals surface area contributed by atoms with Crippen LogP contribution in [0.5, 0.6) is 5.75 Å². The van der Waals surface area contributed by atoms with Gasteiger partial charge in [-0.2, -0.15) is 0 Å². The van der Waals surface area contributed by atoms with E-state index in [4.69, 9.17) is 4.74 Å². The number of nitrogens with one attached hydrogen (secondary N) is 2. The van der Waals surface area contributed by atoms with E-state index in [9.17, 15) is 0 Å². The third-order valence-electron chi connectivity index (χ3n) is 4.34. The molecule has 0 saturated carbocycles. The highest BCUT2D eigenvalue weighted by molar-refractivity contribution is 5.37. The molecule has 1 rings (SSSR count). The van der Waals surface area contributed by atoms with Crippen LogP contribution < -0.4 is 15.4 Å². The zero-order valence-electron chi connectivity index (χ0n) is 17.3. The zero-order chi connectivity index (χ0) is 20.8. The first-order valence-electron chi connectivity index (χ1n) is 9.73. The number of hydrogen-bond acceptors (Lipinski definition) is 3. The second kappa shape index (κ2) is 13.3. The van der Waals surface area contributed by atoms with Crippen molar-refractivity contribution in [3.63, 3.8) is 0 Å². The molecule has 0 aromatic heterocycles. The van der Waals surface area contributed by atoms with Crippen molar-refractivity contribution in [3.8, 4) is 5.75 Å². The maximum Gasteiger partial charge on any atom is 0.127 e. The third kappa shape index (κ3) is 8.63. The number of para-hydroxylation sites is 1. The summed E-state index contributed by atoms with van der Waals surface area (Å²) in [5.41, 5.74) is 1.64. The normalized spacial score (nSPS) is 13.4. The predicted octanol–water partition coefficient (Wildman–Crippen LogP) is 6.03. The van der Waals surface area contributed by atoms with E-state index in [0.717, 1.165) is 42.0 Å². The van der Waals surface area contributed by atoms with Gasteiger partial charge in [-0.3, -0.25) is 0 Å². The van der Waals surface area contributed by atoms with Crippen molar-refractivity contribution in [2.45, 2.75) is 45.2 Å². The lowest BCUT2D eigenvalue weighted by molar-refractivity contribution is 0.433. The van der Waals surface area contributed by atoms with Gasteiger partial charge in [-0.15, -0.1) is 6.58 Å². The molecule has 0 spiro atoms. The Hall–Kier alpha value is -2.94. The molecule has 3 nitrogen and oxygen atoms in total. The molecule has 0 aliphatic heterocycles. The van der Waals surface area contributed by atoms with Crippen molar-refractivity contribution in [1.29, 1.82) is 0 Å². The third-order valence-corrected chi connectivity index (χ3v) is 4.34. The maximum absolute atomic E-state index is 5.86. The lowest BCUT2D eigenvalue weighted by Gasteiger charge is -2.25. The number of hydrogen-bond donors (Lipinski definition) is 2. The molecular weight excluding hydrogens is 344 g/mol. The zero-order valence-corrected chi connectivity index (χ0v) is 17.3. The SMILES string of the molecule is C=CCC(CC(CC)NC(=C)C(=C)/C=C\C(=C/C)Oc1ccccc1)NC=C. The topological polar surface area (TPSA) is 33.3 Å². The van der Waals surface area contributed by atoms with E-state index in [0.29, 0.717) is 6.04 Å². The fraction of sp³-hybridized carbons (Fsp3) is 0.280. The van der Waals surface area contributed by atoms with Crippen LogP contribution in [-0.4, -0.2) is 12.1 Å². The summed E-state index contributed by atoms with van der Waals surface area (Å²) in [6.45, 7) is 20.0. The van der Waals surface area contributed by atoms with Gasteiger partial charge in [-0.05, 0) is 68.3 Å². The van der Waals surface area contributed by atoms with E-state index in [1.54, 1.807) is 6.20 Å². The Bertz CT molecular complexity index is 691. The van der Waals surface area contributed by atoms with E-state index in [1.165, 1.54) is 0 Å². The molecule has 0 aliphatic rings. The van der Waals surface area contributed by atoms with Crippen molar-refractivity contribution in [3.05, 3.63) is 104 Å². The van der Waals surface area contributed by atoms with Crippen LogP contribution in [0.3, 0.4) is 0 Å². The smallest absolute Gasteiger partial charge is 0.127 e. The van der Waals surface area contributed by atoms with Gasteiger partial charge in [0.2, 0.25) is 0 Å². The Morgan fingerprint density at radius 1 is 1.11 bits per heavy atom. The Labute approximate surface area is 170 Å². The van der Waals surface area contributed by atoms with Crippen LogP contribution in [-0.2, 0) is 0 Å². The Morgan fingerprint density at radius 2 is 1.82 bits per heavy atom.